The maximum Gasteiger partial charge on any atom is 0.337 e. The van der Waals surface area contributed by atoms with Crippen LogP contribution in [0.25, 0.3) is 21.1 Å². The van der Waals surface area contributed by atoms with E-state index in [1.54, 1.807) is 17.4 Å². The second-order valence-corrected chi connectivity index (χ2v) is 10.0. The molecule has 0 aliphatic rings. The molecule has 0 N–H and O–H groups in total. The average Bonchev–Trinajstić information content (AvgIpc) is 3.47. The van der Waals surface area contributed by atoms with E-state index in [0.717, 1.165) is 63.9 Å². The van der Waals surface area contributed by atoms with Crippen molar-refractivity contribution >= 4 is 38.4 Å². The van der Waals surface area contributed by atoms with Crippen LogP contribution in [0.1, 0.15) is 38.6 Å². The highest BCUT2D eigenvalue weighted by atomic mass is 32.1. The molecule has 0 aliphatic carbocycles. The smallest absolute Gasteiger partial charge is 0.337 e. The Morgan fingerprint density at radius 2 is 1.86 bits per heavy atom. The van der Waals surface area contributed by atoms with Gasteiger partial charge in [-0.25, -0.2) is 14.2 Å². The van der Waals surface area contributed by atoms with Gasteiger partial charge in [-0.15, -0.1) is 11.3 Å². The van der Waals surface area contributed by atoms with Gasteiger partial charge >= 0.3 is 5.97 Å². The number of thiazole rings is 1. The number of fused-ring (bicyclic) bond motifs is 2. The molecule has 2 heterocycles. The number of aryl methyl sites for hydroxylation is 4. The van der Waals surface area contributed by atoms with E-state index in [4.69, 9.17) is 9.72 Å². The van der Waals surface area contributed by atoms with Gasteiger partial charge in [0.15, 0.2) is 0 Å². The Morgan fingerprint density at radius 3 is 2.62 bits per heavy atom. The first-order chi connectivity index (χ1) is 18.1. The fraction of sp³-hybridized carbons (Fsp3) is 0.233. The summed E-state index contributed by atoms with van der Waals surface area (Å²) in [5.41, 5.74) is 5.83. The Bertz CT molecular complexity index is 1580. The molecule has 0 radical (unpaired) electrons. The van der Waals surface area contributed by atoms with Crippen molar-refractivity contribution in [1.29, 1.82) is 5.26 Å². The van der Waals surface area contributed by atoms with E-state index >= 15 is 0 Å². The number of benzene rings is 3. The van der Waals surface area contributed by atoms with Gasteiger partial charge < -0.3 is 9.30 Å². The van der Waals surface area contributed by atoms with E-state index in [2.05, 4.69) is 16.7 Å². The van der Waals surface area contributed by atoms with Crippen LogP contribution in [0, 0.1) is 17.1 Å². The van der Waals surface area contributed by atoms with Crippen LogP contribution < -0.4 is 0 Å². The summed E-state index contributed by atoms with van der Waals surface area (Å²) in [5, 5.41) is 11.4. The van der Waals surface area contributed by atoms with Gasteiger partial charge in [0.2, 0.25) is 0 Å². The number of hydrogen-bond acceptors (Lipinski definition) is 5. The molecular weight excluding hydrogens is 485 g/mol. The Morgan fingerprint density at radius 1 is 1.05 bits per heavy atom. The number of nitrogens with zero attached hydrogens (tertiary/aromatic N) is 3. The zero-order valence-corrected chi connectivity index (χ0v) is 21.4. The normalized spacial score (nSPS) is 11.2. The van der Waals surface area contributed by atoms with E-state index in [1.807, 2.05) is 42.5 Å². The van der Waals surface area contributed by atoms with Crippen molar-refractivity contribution in [2.24, 2.45) is 0 Å². The van der Waals surface area contributed by atoms with E-state index in [-0.39, 0.29) is 11.8 Å². The molecule has 37 heavy (non-hydrogen) atoms. The summed E-state index contributed by atoms with van der Waals surface area (Å²) < 4.78 is 21.8. The van der Waals surface area contributed by atoms with Crippen molar-refractivity contribution in [3.63, 3.8) is 0 Å². The third kappa shape index (κ3) is 5.25. The summed E-state index contributed by atoms with van der Waals surface area (Å²) in [6, 6.07) is 22.6. The highest BCUT2D eigenvalue weighted by Gasteiger charge is 2.20. The Labute approximate surface area is 218 Å². The summed E-state index contributed by atoms with van der Waals surface area (Å²) in [7, 11) is 1.38. The van der Waals surface area contributed by atoms with E-state index < -0.39 is 0 Å². The minimum atomic E-state index is -0.382. The quantitative estimate of drug-likeness (QED) is 0.208. The number of ether oxygens (including phenoxy) is 1. The summed E-state index contributed by atoms with van der Waals surface area (Å²) in [6.07, 6.45) is 3.37. The largest absolute Gasteiger partial charge is 0.465 e. The molecule has 0 aliphatic heterocycles. The third-order valence-corrected chi connectivity index (χ3v) is 7.74. The fourth-order valence-corrected chi connectivity index (χ4v) is 5.84. The first-order valence-corrected chi connectivity index (χ1v) is 13.1. The van der Waals surface area contributed by atoms with Crippen molar-refractivity contribution in [3.8, 4) is 6.07 Å². The Kier molecular flexibility index (Phi) is 7.29. The number of rotatable bonds is 9. The maximum absolute atomic E-state index is 13.5. The number of para-hydroxylation sites is 1. The lowest BCUT2D eigenvalue weighted by atomic mass is 9.99. The van der Waals surface area contributed by atoms with Crippen LogP contribution in [0.15, 0.2) is 66.7 Å². The molecule has 0 saturated heterocycles. The summed E-state index contributed by atoms with van der Waals surface area (Å²) >= 11 is 1.70. The van der Waals surface area contributed by atoms with Gasteiger partial charge in [-0.2, -0.15) is 5.26 Å². The predicted molar refractivity (Wildman–Crippen MR) is 144 cm³/mol. The number of esters is 1. The molecule has 0 unspecified atom stereocenters. The van der Waals surface area contributed by atoms with Crippen LogP contribution in [-0.4, -0.2) is 22.6 Å². The molecule has 5 nitrogen and oxygen atoms in total. The van der Waals surface area contributed by atoms with E-state index in [9.17, 15) is 14.4 Å². The molecule has 7 heteroatoms. The predicted octanol–water partition coefficient (Wildman–Crippen LogP) is 6.66. The SMILES string of the molecule is COC(=O)c1ccc2c(c1)c(CCc1ccc(F)cc1)c(CCc1nc3ccccc3s1)n2CCC#N. The molecule has 0 atom stereocenters. The molecule has 5 aromatic rings. The van der Waals surface area contributed by atoms with Gasteiger partial charge in [0, 0.05) is 29.6 Å². The lowest BCUT2D eigenvalue weighted by molar-refractivity contribution is 0.0601. The molecule has 0 saturated carbocycles. The van der Waals surface area contributed by atoms with Gasteiger partial charge in [0.25, 0.3) is 0 Å². The number of hydrogen-bond donors (Lipinski definition) is 0. The molecule has 0 fully saturated rings. The van der Waals surface area contributed by atoms with Gasteiger partial charge in [0.1, 0.15) is 5.82 Å². The highest BCUT2D eigenvalue weighted by Crippen LogP contribution is 2.31. The minimum absolute atomic E-state index is 0.254. The number of methoxy groups -OCH3 is 1. The molecule has 0 spiro atoms. The molecule has 186 valence electrons. The zero-order chi connectivity index (χ0) is 25.8. The van der Waals surface area contributed by atoms with Gasteiger partial charge in [-0.05, 0) is 72.9 Å². The number of halogens is 1. The van der Waals surface area contributed by atoms with E-state index in [0.29, 0.717) is 18.5 Å². The van der Waals surface area contributed by atoms with Crippen molar-refractivity contribution in [2.45, 2.75) is 38.6 Å². The number of nitriles is 1. The summed E-state index contributed by atoms with van der Waals surface area (Å²) in [4.78, 5) is 17.1. The summed E-state index contributed by atoms with van der Waals surface area (Å²) in [6.45, 7) is 0.566. The molecule has 5 rings (SSSR count). The second kappa shape index (κ2) is 10.9. The highest BCUT2D eigenvalue weighted by molar-refractivity contribution is 7.18. The number of carbonyl (C=O) groups excluding carboxylic acids is 1. The fourth-order valence-electron chi connectivity index (χ4n) is 4.88. The van der Waals surface area contributed by atoms with Crippen molar-refractivity contribution in [2.75, 3.05) is 7.11 Å². The van der Waals surface area contributed by atoms with Crippen molar-refractivity contribution < 1.29 is 13.9 Å². The molecule has 3 aromatic carbocycles. The second-order valence-electron chi connectivity index (χ2n) is 8.91. The maximum atomic E-state index is 13.5. The van der Waals surface area contributed by atoms with Crippen LogP contribution in [0.4, 0.5) is 4.39 Å². The molecule has 0 bridgehead atoms. The summed E-state index contributed by atoms with van der Waals surface area (Å²) in [5.74, 6) is -0.636. The number of carbonyl (C=O) groups is 1. The van der Waals surface area contributed by atoms with Crippen molar-refractivity contribution in [3.05, 3.63) is 99.9 Å². The Balaban J connectivity index is 1.57. The van der Waals surface area contributed by atoms with Gasteiger partial charge in [-0.1, -0.05) is 24.3 Å². The van der Waals surface area contributed by atoms with Gasteiger partial charge in [0.05, 0.1) is 40.4 Å². The molecular formula is C30H26FN3O2S. The lowest BCUT2D eigenvalue weighted by Crippen LogP contribution is -2.07. The van der Waals surface area contributed by atoms with Crippen LogP contribution >= 0.6 is 11.3 Å². The van der Waals surface area contributed by atoms with E-state index in [1.165, 1.54) is 23.9 Å². The standard InChI is InChI=1S/C30H26FN3O2S/c1-36-30(35)21-10-14-27-24(19-21)23(13-9-20-7-11-22(31)12-8-20)26(34(27)18-4-17-32)15-16-29-33-25-5-2-3-6-28(25)37-29/h2-3,5-8,10-12,14,19H,4,9,13,15-16,18H2,1H3. The topological polar surface area (TPSA) is 67.9 Å². The first kappa shape index (κ1) is 24.7. The molecule has 2 aromatic heterocycles. The van der Waals surface area contributed by atoms with Crippen LogP contribution in [0.2, 0.25) is 0 Å². The van der Waals surface area contributed by atoms with Gasteiger partial charge in [-0.3, -0.25) is 0 Å². The minimum Gasteiger partial charge on any atom is -0.465 e. The van der Waals surface area contributed by atoms with Crippen LogP contribution in [-0.2, 0) is 37.0 Å². The lowest BCUT2D eigenvalue weighted by Gasteiger charge is -2.11. The average molecular weight is 512 g/mol. The van der Waals surface area contributed by atoms with Crippen molar-refractivity contribution in [1.82, 2.24) is 9.55 Å². The number of aromatic nitrogens is 2. The zero-order valence-electron chi connectivity index (χ0n) is 20.5. The molecule has 0 amide bonds. The third-order valence-electron chi connectivity index (χ3n) is 6.65. The van der Waals surface area contributed by atoms with Crippen LogP contribution in [0.5, 0.6) is 0 Å². The van der Waals surface area contributed by atoms with Crippen LogP contribution in [0.3, 0.4) is 0 Å². The Hall–Kier alpha value is -4.02. The monoisotopic (exact) mass is 511 g/mol. The first-order valence-electron chi connectivity index (χ1n) is 12.3.